The van der Waals surface area contributed by atoms with E-state index in [9.17, 15) is 9.18 Å². The molecule has 2 aromatic rings. The summed E-state index contributed by atoms with van der Waals surface area (Å²) in [4.78, 5) is 12.1. The van der Waals surface area contributed by atoms with Crippen molar-refractivity contribution in [3.05, 3.63) is 36.2 Å². The second-order valence-corrected chi connectivity index (χ2v) is 6.33. The van der Waals surface area contributed by atoms with Gasteiger partial charge in [0.2, 0.25) is 0 Å². The van der Waals surface area contributed by atoms with Crippen LogP contribution in [0.5, 0.6) is 5.75 Å². The Labute approximate surface area is 151 Å². The number of aromatic nitrogens is 3. The summed E-state index contributed by atoms with van der Waals surface area (Å²) in [6.07, 6.45) is 7.60. The van der Waals surface area contributed by atoms with Crippen LogP contribution in [-0.4, -0.2) is 27.4 Å². The van der Waals surface area contributed by atoms with E-state index in [2.05, 4.69) is 20.8 Å². The Bertz CT molecular complexity index is 743. The smallest absolute Gasteiger partial charge is 0.319 e. The number of urea groups is 1. The van der Waals surface area contributed by atoms with Crippen molar-refractivity contribution in [3.8, 4) is 5.75 Å². The van der Waals surface area contributed by atoms with Crippen LogP contribution in [0.15, 0.2) is 24.5 Å². The molecule has 1 aliphatic rings. The van der Waals surface area contributed by atoms with E-state index >= 15 is 0 Å². The Balaban J connectivity index is 1.55. The molecule has 1 aromatic carbocycles. The van der Waals surface area contributed by atoms with Gasteiger partial charge in [-0.15, -0.1) is 10.2 Å². The predicted octanol–water partition coefficient (Wildman–Crippen LogP) is 3.64. The van der Waals surface area contributed by atoms with Crippen LogP contribution in [0.1, 0.15) is 50.9 Å². The maximum absolute atomic E-state index is 14.0. The number of amides is 2. The highest BCUT2D eigenvalue weighted by Crippen LogP contribution is 2.28. The van der Waals surface area contributed by atoms with Crippen molar-refractivity contribution in [2.45, 2.75) is 51.6 Å². The zero-order chi connectivity index (χ0) is 18.4. The molecule has 0 radical (unpaired) electrons. The van der Waals surface area contributed by atoms with Gasteiger partial charge in [-0.1, -0.05) is 19.3 Å². The molecule has 0 spiro atoms. The molecule has 0 unspecified atom stereocenters. The van der Waals surface area contributed by atoms with Gasteiger partial charge in [-0.2, -0.15) is 0 Å². The third-order valence-corrected chi connectivity index (χ3v) is 4.52. The molecule has 1 fully saturated rings. The molecule has 7 nitrogen and oxygen atoms in total. The van der Waals surface area contributed by atoms with Gasteiger partial charge in [0.05, 0.1) is 18.8 Å². The number of hydrogen-bond donors (Lipinski definition) is 2. The minimum Gasteiger partial charge on any atom is -0.494 e. The van der Waals surface area contributed by atoms with Crippen molar-refractivity contribution < 1.29 is 13.9 Å². The first-order valence-corrected chi connectivity index (χ1v) is 9.03. The zero-order valence-electron chi connectivity index (χ0n) is 14.9. The lowest BCUT2D eigenvalue weighted by atomic mass is 9.95. The molecule has 1 aliphatic carbocycles. The Morgan fingerprint density at radius 2 is 2.15 bits per heavy atom. The maximum atomic E-state index is 14.0. The predicted molar refractivity (Wildman–Crippen MR) is 95.6 cm³/mol. The van der Waals surface area contributed by atoms with Crippen molar-refractivity contribution in [1.82, 2.24) is 20.1 Å². The van der Waals surface area contributed by atoms with Crippen LogP contribution in [0.3, 0.4) is 0 Å². The van der Waals surface area contributed by atoms with E-state index in [1.807, 2.05) is 11.5 Å². The van der Waals surface area contributed by atoms with E-state index in [0.717, 1.165) is 12.8 Å². The number of rotatable bonds is 6. The zero-order valence-corrected chi connectivity index (χ0v) is 14.9. The topological polar surface area (TPSA) is 81.1 Å². The highest BCUT2D eigenvalue weighted by Gasteiger charge is 2.18. The van der Waals surface area contributed by atoms with Crippen LogP contribution in [0.4, 0.5) is 14.9 Å². The molecular formula is C18H24FN5O2. The first-order chi connectivity index (χ1) is 12.7. The van der Waals surface area contributed by atoms with Gasteiger partial charge in [-0.3, -0.25) is 0 Å². The summed E-state index contributed by atoms with van der Waals surface area (Å²) in [5.41, 5.74) is 0.0969. The second-order valence-electron chi connectivity index (χ2n) is 6.33. The summed E-state index contributed by atoms with van der Waals surface area (Å²) in [6.45, 7) is 2.51. The average molecular weight is 361 g/mol. The van der Waals surface area contributed by atoms with Gasteiger partial charge >= 0.3 is 6.03 Å². The van der Waals surface area contributed by atoms with Crippen molar-refractivity contribution in [1.29, 1.82) is 0 Å². The number of nitrogens with one attached hydrogen (secondary N) is 2. The lowest BCUT2D eigenvalue weighted by molar-refractivity contribution is 0.251. The summed E-state index contributed by atoms with van der Waals surface area (Å²) in [5.74, 6) is 0.590. The fourth-order valence-corrected chi connectivity index (χ4v) is 3.24. The van der Waals surface area contributed by atoms with Crippen LogP contribution >= 0.6 is 0 Å². The van der Waals surface area contributed by atoms with Crippen LogP contribution in [0, 0.1) is 5.82 Å². The average Bonchev–Trinajstić information content (AvgIpc) is 3.12. The molecule has 0 aliphatic heterocycles. The van der Waals surface area contributed by atoms with Gasteiger partial charge < -0.3 is 19.9 Å². The van der Waals surface area contributed by atoms with Crippen LogP contribution in [0.2, 0.25) is 0 Å². The molecule has 26 heavy (non-hydrogen) atoms. The molecule has 0 bridgehead atoms. The highest BCUT2D eigenvalue weighted by molar-refractivity contribution is 5.89. The Morgan fingerprint density at radius 1 is 1.35 bits per heavy atom. The first kappa shape index (κ1) is 18.2. The third kappa shape index (κ3) is 4.50. The molecule has 2 amide bonds. The normalized spacial score (nSPS) is 14.8. The Kier molecular flexibility index (Phi) is 6.04. The lowest BCUT2D eigenvalue weighted by Crippen LogP contribution is -2.30. The number of halogens is 1. The molecule has 1 aromatic heterocycles. The van der Waals surface area contributed by atoms with Crippen molar-refractivity contribution >= 4 is 11.7 Å². The number of hydrogen-bond acceptors (Lipinski definition) is 4. The molecule has 0 atom stereocenters. The van der Waals surface area contributed by atoms with Gasteiger partial charge in [0.25, 0.3) is 0 Å². The number of anilines is 1. The van der Waals surface area contributed by atoms with Crippen molar-refractivity contribution in [2.24, 2.45) is 0 Å². The summed E-state index contributed by atoms with van der Waals surface area (Å²) in [6, 6.07) is 4.24. The largest absolute Gasteiger partial charge is 0.494 e. The highest BCUT2D eigenvalue weighted by atomic mass is 19.1. The van der Waals surface area contributed by atoms with E-state index in [4.69, 9.17) is 4.74 Å². The lowest BCUT2D eigenvalue weighted by Gasteiger charge is -2.24. The standard InChI is InChI=1S/C18H24FN5O2/c1-2-26-14-8-9-16(15(19)10-14)22-18(25)20-11-17-23-21-12-24(17)13-6-4-3-5-7-13/h8-10,12-13H,2-7,11H2,1H3,(H2,20,22,25). The minimum atomic E-state index is -0.545. The maximum Gasteiger partial charge on any atom is 0.319 e. The van der Waals surface area contributed by atoms with Crippen LogP contribution in [0.25, 0.3) is 0 Å². The molecule has 1 saturated carbocycles. The van der Waals surface area contributed by atoms with Gasteiger partial charge in [0, 0.05) is 12.1 Å². The number of nitrogens with zero attached hydrogens (tertiary/aromatic N) is 3. The number of carbonyl (C=O) groups is 1. The first-order valence-electron chi connectivity index (χ1n) is 9.03. The summed E-state index contributed by atoms with van der Waals surface area (Å²) < 4.78 is 21.3. The summed E-state index contributed by atoms with van der Waals surface area (Å²) in [7, 11) is 0. The van der Waals surface area contributed by atoms with E-state index in [1.165, 1.54) is 31.4 Å². The van der Waals surface area contributed by atoms with E-state index in [-0.39, 0.29) is 12.2 Å². The minimum absolute atomic E-state index is 0.0969. The fourth-order valence-electron chi connectivity index (χ4n) is 3.24. The monoisotopic (exact) mass is 361 g/mol. The summed E-state index contributed by atoms with van der Waals surface area (Å²) >= 11 is 0. The molecule has 0 saturated heterocycles. The number of benzene rings is 1. The second kappa shape index (κ2) is 8.64. The van der Waals surface area contributed by atoms with E-state index in [1.54, 1.807) is 12.4 Å². The third-order valence-electron chi connectivity index (χ3n) is 4.52. The van der Waals surface area contributed by atoms with Crippen molar-refractivity contribution in [3.63, 3.8) is 0 Å². The molecule has 2 N–H and O–H groups in total. The molecule has 1 heterocycles. The Morgan fingerprint density at radius 3 is 2.88 bits per heavy atom. The summed E-state index contributed by atoms with van der Waals surface area (Å²) in [5, 5.41) is 13.3. The molecule has 3 rings (SSSR count). The van der Waals surface area contributed by atoms with Gasteiger partial charge in [-0.05, 0) is 31.9 Å². The molecular weight excluding hydrogens is 337 g/mol. The Hall–Kier alpha value is -2.64. The van der Waals surface area contributed by atoms with Crippen LogP contribution < -0.4 is 15.4 Å². The van der Waals surface area contributed by atoms with Crippen LogP contribution in [-0.2, 0) is 6.54 Å². The fraction of sp³-hybridized carbons (Fsp3) is 0.500. The van der Waals surface area contributed by atoms with Crippen molar-refractivity contribution in [2.75, 3.05) is 11.9 Å². The van der Waals surface area contributed by atoms with Gasteiger partial charge in [0.15, 0.2) is 5.82 Å². The molecule has 8 heteroatoms. The SMILES string of the molecule is CCOc1ccc(NC(=O)NCc2nncn2C2CCCCC2)c(F)c1. The quantitative estimate of drug-likeness (QED) is 0.823. The number of carbonyl (C=O) groups excluding carboxylic acids is 1. The van der Waals surface area contributed by atoms with E-state index in [0.29, 0.717) is 24.2 Å². The van der Waals surface area contributed by atoms with Gasteiger partial charge in [-0.25, -0.2) is 9.18 Å². The van der Waals surface area contributed by atoms with Gasteiger partial charge in [0.1, 0.15) is 17.9 Å². The molecule has 140 valence electrons. The number of ether oxygens (including phenoxy) is 1. The van der Waals surface area contributed by atoms with E-state index < -0.39 is 11.8 Å².